The summed E-state index contributed by atoms with van der Waals surface area (Å²) in [6.07, 6.45) is 2.16. The Labute approximate surface area is 130 Å². The average Bonchev–Trinajstić information content (AvgIpc) is 2.47. The molecule has 1 aromatic heterocycles. The van der Waals surface area contributed by atoms with Crippen molar-refractivity contribution >= 4 is 5.91 Å². The number of nitrogens with one attached hydrogen (secondary N) is 2. The number of carbonyl (C=O) groups is 1. The van der Waals surface area contributed by atoms with Gasteiger partial charge in [-0.25, -0.2) is 0 Å². The third kappa shape index (κ3) is 4.58. The van der Waals surface area contributed by atoms with E-state index in [1.165, 1.54) is 5.56 Å². The van der Waals surface area contributed by atoms with Crippen molar-refractivity contribution in [2.75, 3.05) is 0 Å². The van der Waals surface area contributed by atoms with Crippen LogP contribution in [-0.2, 0) is 17.8 Å². The molecule has 116 valence electrons. The first-order valence-corrected chi connectivity index (χ1v) is 7.56. The van der Waals surface area contributed by atoms with Gasteiger partial charge in [0.15, 0.2) is 0 Å². The van der Waals surface area contributed by atoms with Gasteiger partial charge in [0.1, 0.15) is 0 Å². The van der Waals surface area contributed by atoms with Crippen LogP contribution in [0.1, 0.15) is 35.2 Å². The van der Waals surface area contributed by atoms with E-state index in [4.69, 9.17) is 0 Å². The fourth-order valence-corrected chi connectivity index (χ4v) is 2.47. The number of aromatic nitrogens is 1. The Balaban J connectivity index is 1.80. The zero-order valence-corrected chi connectivity index (χ0v) is 13.1. The Kier molecular flexibility index (Phi) is 5.53. The normalized spacial score (nSPS) is 10.5. The van der Waals surface area contributed by atoms with Gasteiger partial charge in [-0.1, -0.05) is 30.3 Å². The molecule has 4 heteroatoms. The van der Waals surface area contributed by atoms with E-state index in [9.17, 15) is 9.59 Å². The summed E-state index contributed by atoms with van der Waals surface area (Å²) in [5.74, 6) is -0.0182. The minimum absolute atomic E-state index is 0.0182. The summed E-state index contributed by atoms with van der Waals surface area (Å²) in [5, 5.41) is 2.83. The number of hydrogen-bond acceptors (Lipinski definition) is 2. The Morgan fingerprint density at radius 1 is 1.18 bits per heavy atom. The number of aromatic amines is 1. The van der Waals surface area contributed by atoms with E-state index in [1.807, 2.05) is 38.1 Å². The molecule has 0 radical (unpaired) electrons. The number of aryl methyl sites for hydroxylation is 3. The molecule has 2 aromatic rings. The molecule has 0 fully saturated rings. The lowest BCUT2D eigenvalue weighted by molar-refractivity contribution is -0.121. The second kappa shape index (κ2) is 7.59. The topological polar surface area (TPSA) is 62.0 Å². The van der Waals surface area contributed by atoms with Crippen LogP contribution >= 0.6 is 0 Å². The van der Waals surface area contributed by atoms with Crippen LogP contribution in [0.3, 0.4) is 0 Å². The van der Waals surface area contributed by atoms with Gasteiger partial charge >= 0.3 is 0 Å². The van der Waals surface area contributed by atoms with Gasteiger partial charge in [0.2, 0.25) is 5.91 Å². The number of pyridine rings is 1. The highest BCUT2D eigenvalue weighted by Gasteiger charge is 2.07. The largest absolute Gasteiger partial charge is 0.352 e. The molecule has 0 unspecified atom stereocenters. The highest BCUT2D eigenvalue weighted by molar-refractivity contribution is 5.75. The van der Waals surface area contributed by atoms with E-state index >= 15 is 0 Å². The number of rotatable bonds is 6. The quantitative estimate of drug-likeness (QED) is 0.861. The Bertz CT molecular complexity index is 690. The summed E-state index contributed by atoms with van der Waals surface area (Å²) < 4.78 is 0. The van der Waals surface area contributed by atoms with Gasteiger partial charge < -0.3 is 10.3 Å². The van der Waals surface area contributed by atoms with Crippen molar-refractivity contribution in [3.8, 4) is 0 Å². The standard InChI is InChI=1S/C18H22N2O2/c1-13-11-14(2)20-18(22)16(13)12-19-17(21)10-6-9-15-7-4-3-5-8-15/h3-5,7-8,11H,6,9-10,12H2,1-2H3,(H,19,21)(H,20,22). The lowest BCUT2D eigenvalue weighted by Gasteiger charge is -2.08. The first kappa shape index (κ1) is 16.0. The van der Waals surface area contributed by atoms with Gasteiger partial charge in [-0.2, -0.15) is 0 Å². The van der Waals surface area contributed by atoms with Crippen LogP contribution in [0.5, 0.6) is 0 Å². The van der Waals surface area contributed by atoms with Crippen molar-refractivity contribution in [3.63, 3.8) is 0 Å². The Hall–Kier alpha value is -2.36. The first-order valence-electron chi connectivity index (χ1n) is 7.56. The lowest BCUT2D eigenvalue weighted by atomic mass is 10.1. The average molecular weight is 298 g/mol. The minimum Gasteiger partial charge on any atom is -0.352 e. The van der Waals surface area contributed by atoms with E-state index in [2.05, 4.69) is 22.4 Å². The van der Waals surface area contributed by atoms with Crippen LogP contribution in [-0.4, -0.2) is 10.9 Å². The summed E-state index contributed by atoms with van der Waals surface area (Å²) >= 11 is 0. The molecule has 0 atom stereocenters. The van der Waals surface area contributed by atoms with Gasteiger partial charge in [-0.3, -0.25) is 9.59 Å². The summed E-state index contributed by atoms with van der Waals surface area (Å²) in [7, 11) is 0. The van der Waals surface area contributed by atoms with Crippen molar-refractivity contribution in [2.24, 2.45) is 0 Å². The van der Waals surface area contributed by atoms with Crippen molar-refractivity contribution in [1.29, 1.82) is 0 Å². The zero-order chi connectivity index (χ0) is 15.9. The molecule has 1 aromatic carbocycles. The summed E-state index contributed by atoms with van der Waals surface area (Å²) in [4.78, 5) is 26.5. The van der Waals surface area contributed by atoms with E-state index in [1.54, 1.807) is 0 Å². The van der Waals surface area contributed by atoms with Crippen LogP contribution in [0.15, 0.2) is 41.2 Å². The van der Waals surface area contributed by atoms with E-state index in [-0.39, 0.29) is 18.0 Å². The third-order valence-electron chi connectivity index (χ3n) is 3.67. The Morgan fingerprint density at radius 2 is 1.91 bits per heavy atom. The number of hydrogen-bond donors (Lipinski definition) is 2. The van der Waals surface area contributed by atoms with Gasteiger partial charge in [-0.15, -0.1) is 0 Å². The first-order chi connectivity index (χ1) is 10.6. The van der Waals surface area contributed by atoms with Gasteiger partial charge in [0, 0.05) is 24.2 Å². The molecule has 0 saturated heterocycles. The number of carbonyl (C=O) groups excluding carboxylic acids is 1. The SMILES string of the molecule is Cc1cc(C)c(CNC(=O)CCCc2ccccc2)c(=O)[nH]1. The predicted molar refractivity (Wildman–Crippen MR) is 87.8 cm³/mol. The van der Waals surface area contributed by atoms with Crippen molar-refractivity contribution < 1.29 is 4.79 Å². The molecule has 2 N–H and O–H groups in total. The van der Waals surface area contributed by atoms with Crippen molar-refractivity contribution in [2.45, 2.75) is 39.7 Å². The van der Waals surface area contributed by atoms with Crippen molar-refractivity contribution in [1.82, 2.24) is 10.3 Å². The van der Waals surface area contributed by atoms with Crippen LogP contribution in [0.4, 0.5) is 0 Å². The summed E-state index contributed by atoms with van der Waals surface area (Å²) in [6.45, 7) is 4.02. The maximum Gasteiger partial charge on any atom is 0.253 e. The fourth-order valence-electron chi connectivity index (χ4n) is 2.47. The molecule has 0 aliphatic heterocycles. The predicted octanol–water partition coefficient (Wildman–Crippen LogP) is 2.63. The van der Waals surface area contributed by atoms with Crippen LogP contribution in [0.25, 0.3) is 0 Å². The molecule has 2 rings (SSSR count). The van der Waals surface area contributed by atoms with Gasteiger partial charge in [-0.05, 0) is 43.9 Å². The van der Waals surface area contributed by atoms with E-state index < -0.39 is 0 Å². The molecular formula is C18H22N2O2. The second-order valence-corrected chi connectivity index (χ2v) is 5.56. The molecule has 4 nitrogen and oxygen atoms in total. The van der Waals surface area contributed by atoms with Crippen LogP contribution in [0, 0.1) is 13.8 Å². The third-order valence-corrected chi connectivity index (χ3v) is 3.67. The summed E-state index contributed by atoms with van der Waals surface area (Å²) in [6, 6.07) is 12.0. The molecule has 0 aliphatic carbocycles. The van der Waals surface area contributed by atoms with Gasteiger partial charge in [0.05, 0.1) is 0 Å². The fraction of sp³-hybridized carbons (Fsp3) is 0.333. The monoisotopic (exact) mass is 298 g/mol. The molecular weight excluding hydrogens is 276 g/mol. The van der Waals surface area contributed by atoms with Crippen molar-refractivity contribution in [3.05, 3.63) is 69.1 Å². The second-order valence-electron chi connectivity index (χ2n) is 5.56. The lowest BCUT2D eigenvalue weighted by Crippen LogP contribution is -2.27. The molecule has 22 heavy (non-hydrogen) atoms. The number of amides is 1. The maximum absolute atomic E-state index is 11.9. The highest BCUT2D eigenvalue weighted by atomic mass is 16.1. The zero-order valence-electron chi connectivity index (χ0n) is 13.1. The minimum atomic E-state index is -0.123. The molecule has 1 heterocycles. The van der Waals surface area contributed by atoms with Crippen LogP contribution < -0.4 is 10.9 Å². The highest BCUT2D eigenvalue weighted by Crippen LogP contribution is 2.06. The Morgan fingerprint density at radius 3 is 2.59 bits per heavy atom. The van der Waals surface area contributed by atoms with Crippen LogP contribution in [0.2, 0.25) is 0 Å². The number of H-pyrrole nitrogens is 1. The smallest absolute Gasteiger partial charge is 0.253 e. The molecule has 0 bridgehead atoms. The number of benzene rings is 1. The molecule has 0 aliphatic rings. The molecule has 0 saturated carbocycles. The molecule has 1 amide bonds. The summed E-state index contributed by atoms with van der Waals surface area (Å²) in [5.41, 5.74) is 3.48. The van der Waals surface area contributed by atoms with Gasteiger partial charge in [0.25, 0.3) is 5.56 Å². The maximum atomic E-state index is 11.9. The van der Waals surface area contributed by atoms with E-state index in [0.29, 0.717) is 12.0 Å². The van der Waals surface area contributed by atoms with E-state index in [0.717, 1.165) is 24.1 Å². The molecule has 0 spiro atoms.